The highest BCUT2D eigenvalue weighted by Crippen LogP contribution is 2.53. The minimum absolute atomic E-state index is 0.0362. The normalized spacial score (nSPS) is 38.1. The van der Waals surface area contributed by atoms with Gasteiger partial charge in [-0.05, 0) is 55.8 Å². The summed E-state index contributed by atoms with van der Waals surface area (Å²) in [5, 5.41) is 14.3. The Morgan fingerprint density at radius 1 is 1.10 bits per heavy atom. The molecule has 0 atom stereocenters. The number of hydrogen-bond acceptors (Lipinski definition) is 4. The lowest BCUT2D eigenvalue weighted by atomic mass is 9.54. The Balaban J connectivity index is 1.67. The van der Waals surface area contributed by atoms with E-state index in [1.54, 1.807) is 0 Å². The molecule has 0 radical (unpaired) electrons. The molecule has 0 aromatic rings. The SMILES string of the molecule is N#C/C(=C\NC1C2CC3CC(C2)CC1C3)C(=O)NC=O. The first kappa shape index (κ1) is 13.2. The van der Waals surface area contributed by atoms with Crippen molar-refractivity contribution in [1.82, 2.24) is 10.6 Å². The van der Waals surface area contributed by atoms with Gasteiger partial charge in [-0.2, -0.15) is 5.26 Å². The summed E-state index contributed by atoms with van der Waals surface area (Å²) in [5.41, 5.74) is -0.0362. The number of rotatable bonds is 4. The van der Waals surface area contributed by atoms with Gasteiger partial charge in [0.15, 0.2) is 0 Å². The Morgan fingerprint density at radius 2 is 1.70 bits per heavy atom. The zero-order chi connectivity index (χ0) is 14.1. The largest absolute Gasteiger partial charge is 0.386 e. The number of imide groups is 1. The third-order valence-electron chi connectivity index (χ3n) is 5.20. The molecule has 5 heteroatoms. The lowest BCUT2D eigenvalue weighted by Crippen LogP contribution is -2.53. The van der Waals surface area contributed by atoms with Crippen LogP contribution in [0.3, 0.4) is 0 Å². The highest BCUT2D eigenvalue weighted by molar-refractivity contribution is 6.02. The number of amides is 2. The van der Waals surface area contributed by atoms with E-state index in [9.17, 15) is 9.59 Å². The van der Waals surface area contributed by atoms with Crippen molar-refractivity contribution in [1.29, 1.82) is 5.26 Å². The minimum Gasteiger partial charge on any atom is -0.386 e. The van der Waals surface area contributed by atoms with Crippen LogP contribution in [0.2, 0.25) is 0 Å². The molecule has 0 spiro atoms. The van der Waals surface area contributed by atoms with E-state index in [0.717, 1.165) is 11.8 Å². The molecule has 0 aromatic heterocycles. The second-order valence-electron chi connectivity index (χ2n) is 6.38. The van der Waals surface area contributed by atoms with Crippen molar-refractivity contribution in [2.45, 2.75) is 38.1 Å². The molecule has 0 saturated heterocycles. The van der Waals surface area contributed by atoms with Crippen molar-refractivity contribution in [2.24, 2.45) is 23.7 Å². The van der Waals surface area contributed by atoms with E-state index in [1.165, 1.54) is 38.3 Å². The third-order valence-corrected chi connectivity index (χ3v) is 5.20. The van der Waals surface area contributed by atoms with Gasteiger partial charge in [-0.3, -0.25) is 14.9 Å². The number of carbonyl (C=O) groups is 2. The van der Waals surface area contributed by atoms with Crippen LogP contribution >= 0.6 is 0 Å². The van der Waals surface area contributed by atoms with Gasteiger partial charge >= 0.3 is 0 Å². The van der Waals surface area contributed by atoms with E-state index in [1.807, 2.05) is 11.4 Å². The number of nitrogens with one attached hydrogen (secondary N) is 2. The first-order valence-electron chi connectivity index (χ1n) is 7.32. The molecule has 4 fully saturated rings. The summed E-state index contributed by atoms with van der Waals surface area (Å²) in [4.78, 5) is 21.7. The van der Waals surface area contributed by atoms with Crippen LogP contribution in [0, 0.1) is 35.0 Å². The number of hydrogen-bond donors (Lipinski definition) is 2. The van der Waals surface area contributed by atoms with Gasteiger partial charge in [0.25, 0.3) is 5.91 Å². The Labute approximate surface area is 118 Å². The molecule has 0 aliphatic heterocycles. The molecule has 4 bridgehead atoms. The fourth-order valence-electron chi connectivity index (χ4n) is 4.66. The molecule has 4 aliphatic carbocycles. The first-order valence-corrected chi connectivity index (χ1v) is 7.32. The van der Waals surface area contributed by atoms with E-state index >= 15 is 0 Å². The lowest BCUT2D eigenvalue weighted by molar-refractivity contribution is -0.122. The van der Waals surface area contributed by atoms with Crippen LogP contribution in [0.4, 0.5) is 0 Å². The van der Waals surface area contributed by atoms with Crippen LogP contribution in [-0.4, -0.2) is 18.4 Å². The molecule has 4 rings (SSSR count). The predicted molar refractivity (Wildman–Crippen MR) is 71.9 cm³/mol. The van der Waals surface area contributed by atoms with E-state index in [0.29, 0.717) is 24.3 Å². The molecule has 106 valence electrons. The summed E-state index contributed by atoms with van der Waals surface area (Å²) in [5.74, 6) is 2.51. The van der Waals surface area contributed by atoms with Gasteiger partial charge in [-0.15, -0.1) is 0 Å². The summed E-state index contributed by atoms with van der Waals surface area (Å²) in [6, 6.07) is 2.22. The molecule has 20 heavy (non-hydrogen) atoms. The van der Waals surface area contributed by atoms with Crippen molar-refractivity contribution in [3.8, 4) is 6.07 Å². The quantitative estimate of drug-likeness (QED) is 0.456. The smallest absolute Gasteiger partial charge is 0.269 e. The van der Waals surface area contributed by atoms with Gasteiger partial charge in [-0.1, -0.05) is 0 Å². The maximum Gasteiger partial charge on any atom is 0.269 e. The number of nitriles is 1. The average molecular weight is 273 g/mol. The predicted octanol–water partition coefficient (Wildman–Crippen LogP) is 1.08. The fraction of sp³-hybridized carbons (Fsp3) is 0.667. The van der Waals surface area contributed by atoms with E-state index < -0.39 is 5.91 Å². The fourth-order valence-corrected chi connectivity index (χ4v) is 4.66. The molecule has 0 unspecified atom stereocenters. The van der Waals surface area contributed by atoms with E-state index in [-0.39, 0.29) is 5.57 Å². The Bertz CT molecular complexity index is 464. The molecule has 4 saturated carbocycles. The second-order valence-corrected chi connectivity index (χ2v) is 6.38. The standard InChI is InChI=1S/C15H19N3O2/c16-6-13(15(20)18-8-19)7-17-14-11-2-9-1-10(4-11)5-12(14)3-9/h7-12,14,17H,1-5H2,(H,18,19,20)/b13-7+. The van der Waals surface area contributed by atoms with Gasteiger partial charge < -0.3 is 5.32 Å². The summed E-state index contributed by atoms with van der Waals surface area (Å²) < 4.78 is 0. The Kier molecular flexibility index (Phi) is 3.47. The minimum atomic E-state index is -0.640. The summed E-state index contributed by atoms with van der Waals surface area (Å²) in [6.07, 6.45) is 8.31. The third kappa shape index (κ3) is 2.31. The summed E-state index contributed by atoms with van der Waals surface area (Å²) in [7, 11) is 0. The molecule has 5 nitrogen and oxygen atoms in total. The molecule has 0 aromatic carbocycles. The molecule has 0 heterocycles. The zero-order valence-corrected chi connectivity index (χ0v) is 11.3. The zero-order valence-electron chi connectivity index (χ0n) is 11.3. The van der Waals surface area contributed by atoms with Crippen molar-refractivity contribution in [3.63, 3.8) is 0 Å². The number of nitrogens with zero attached hydrogens (tertiary/aromatic N) is 1. The summed E-state index contributed by atoms with van der Waals surface area (Å²) in [6.45, 7) is 0. The van der Waals surface area contributed by atoms with Gasteiger partial charge in [0.2, 0.25) is 6.41 Å². The van der Waals surface area contributed by atoms with Crippen LogP contribution in [0.25, 0.3) is 0 Å². The maximum atomic E-state index is 11.5. The van der Waals surface area contributed by atoms with E-state index in [4.69, 9.17) is 5.26 Å². The summed E-state index contributed by atoms with van der Waals surface area (Å²) >= 11 is 0. The van der Waals surface area contributed by atoms with Crippen LogP contribution < -0.4 is 10.6 Å². The highest BCUT2D eigenvalue weighted by Gasteiger charge is 2.47. The second kappa shape index (κ2) is 5.28. The van der Waals surface area contributed by atoms with Gasteiger partial charge in [0.05, 0.1) is 0 Å². The molecule has 2 amide bonds. The molecule has 4 aliphatic rings. The average Bonchev–Trinajstić information content (AvgIpc) is 2.41. The van der Waals surface area contributed by atoms with Crippen LogP contribution in [-0.2, 0) is 9.59 Å². The van der Waals surface area contributed by atoms with Crippen molar-refractivity contribution < 1.29 is 9.59 Å². The lowest BCUT2D eigenvalue weighted by Gasteiger charge is -2.54. The molecular formula is C15H19N3O2. The van der Waals surface area contributed by atoms with E-state index in [2.05, 4.69) is 5.32 Å². The highest BCUT2D eigenvalue weighted by atomic mass is 16.2. The van der Waals surface area contributed by atoms with Crippen LogP contribution in [0.5, 0.6) is 0 Å². The van der Waals surface area contributed by atoms with Gasteiger partial charge in [-0.25, -0.2) is 0 Å². The Hall–Kier alpha value is -1.83. The van der Waals surface area contributed by atoms with Crippen molar-refractivity contribution in [2.75, 3.05) is 0 Å². The van der Waals surface area contributed by atoms with Crippen LogP contribution in [0.15, 0.2) is 11.8 Å². The monoisotopic (exact) mass is 273 g/mol. The first-order chi connectivity index (χ1) is 9.71. The molecule has 2 N–H and O–H groups in total. The van der Waals surface area contributed by atoms with Crippen molar-refractivity contribution >= 4 is 12.3 Å². The maximum absolute atomic E-state index is 11.5. The van der Waals surface area contributed by atoms with Crippen molar-refractivity contribution in [3.05, 3.63) is 11.8 Å². The Morgan fingerprint density at radius 3 is 2.20 bits per heavy atom. The number of carbonyl (C=O) groups excluding carboxylic acids is 2. The van der Waals surface area contributed by atoms with Gasteiger partial charge in [0.1, 0.15) is 11.6 Å². The van der Waals surface area contributed by atoms with Gasteiger partial charge in [0, 0.05) is 12.2 Å². The van der Waals surface area contributed by atoms with Crippen LogP contribution in [0.1, 0.15) is 32.1 Å². The molecular weight excluding hydrogens is 254 g/mol. The topological polar surface area (TPSA) is 82.0 Å².